The maximum atomic E-state index is 10.9. The van der Waals surface area contributed by atoms with Crippen molar-refractivity contribution >= 4 is 23.1 Å². The molecule has 0 amide bonds. The molecule has 5 nitrogen and oxygen atoms in total. The van der Waals surface area contributed by atoms with Crippen LogP contribution in [0, 0.1) is 16.0 Å². The minimum absolute atomic E-state index is 0.0660. The maximum absolute atomic E-state index is 10.9. The molecule has 0 spiro atoms. The number of hydrogen-bond acceptors (Lipinski definition) is 4. The van der Waals surface area contributed by atoms with Crippen molar-refractivity contribution in [2.75, 3.05) is 5.32 Å². The monoisotopic (exact) mass is 255 g/mol. The predicted octanol–water partition coefficient (Wildman–Crippen LogP) is 3.24. The van der Waals surface area contributed by atoms with E-state index in [0.717, 1.165) is 0 Å². The van der Waals surface area contributed by atoms with Gasteiger partial charge in [-0.25, -0.2) is 4.98 Å². The van der Waals surface area contributed by atoms with E-state index < -0.39 is 4.92 Å². The second kappa shape index (κ2) is 4.87. The lowest BCUT2D eigenvalue weighted by Gasteiger charge is -2.32. The van der Waals surface area contributed by atoms with Crippen LogP contribution in [-0.4, -0.2) is 15.9 Å². The van der Waals surface area contributed by atoms with Crippen LogP contribution in [0.25, 0.3) is 0 Å². The Labute approximate surface area is 104 Å². The highest BCUT2D eigenvalue weighted by molar-refractivity contribution is 6.30. The van der Waals surface area contributed by atoms with E-state index in [-0.39, 0.29) is 16.8 Å². The van der Waals surface area contributed by atoms with Crippen LogP contribution in [-0.2, 0) is 0 Å². The molecule has 2 rings (SSSR count). The zero-order chi connectivity index (χ0) is 12.4. The number of nitrogens with zero attached hydrogens (tertiary/aromatic N) is 2. The molecule has 1 fully saturated rings. The van der Waals surface area contributed by atoms with E-state index in [9.17, 15) is 10.1 Å². The molecule has 1 unspecified atom stereocenters. The second-order valence-electron chi connectivity index (χ2n) is 4.40. The van der Waals surface area contributed by atoms with Gasteiger partial charge in [0.05, 0.1) is 9.95 Å². The van der Waals surface area contributed by atoms with Crippen LogP contribution in [0.3, 0.4) is 0 Å². The molecule has 1 aliphatic rings. The summed E-state index contributed by atoms with van der Waals surface area (Å²) in [4.78, 5) is 14.4. The molecule has 1 aliphatic carbocycles. The van der Waals surface area contributed by atoms with Gasteiger partial charge in [-0.3, -0.25) is 10.1 Å². The molecule has 0 radical (unpaired) electrons. The Balaban J connectivity index is 2.16. The number of nitrogens with one attached hydrogen (secondary N) is 1. The molecule has 1 saturated carbocycles. The zero-order valence-electron chi connectivity index (χ0n) is 9.52. The molecule has 92 valence electrons. The van der Waals surface area contributed by atoms with Gasteiger partial charge in [-0.2, -0.15) is 0 Å². The van der Waals surface area contributed by atoms with Gasteiger partial charge in [0.2, 0.25) is 5.82 Å². The fourth-order valence-corrected chi connectivity index (χ4v) is 2.10. The molecule has 0 aliphatic heterocycles. The molecule has 1 aromatic heterocycles. The highest BCUT2D eigenvalue weighted by Gasteiger charge is 2.26. The number of hydrogen-bond donors (Lipinski definition) is 1. The average Bonchev–Trinajstić information content (AvgIpc) is 2.17. The number of rotatable bonds is 4. The van der Waals surface area contributed by atoms with Gasteiger partial charge in [-0.15, -0.1) is 0 Å². The van der Waals surface area contributed by atoms with Gasteiger partial charge in [0.15, 0.2) is 0 Å². The lowest BCUT2D eigenvalue weighted by molar-refractivity contribution is -0.384. The fraction of sp³-hybridized carbons (Fsp3) is 0.545. The normalized spacial score (nSPS) is 17.3. The molecular weight excluding hydrogens is 242 g/mol. The van der Waals surface area contributed by atoms with Crippen molar-refractivity contribution in [2.45, 2.75) is 32.2 Å². The Hall–Kier alpha value is -1.36. The summed E-state index contributed by atoms with van der Waals surface area (Å²) in [7, 11) is 0. The maximum Gasteiger partial charge on any atom is 0.312 e. The van der Waals surface area contributed by atoms with Crippen LogP contribution < -0.4 is 5.32 Å². The van der Waals surface area contributed by atoms with Crippen molar-refractivity contribution in [3.63, 3.8) is 0 Å². The first kappa shape index (κ1) is 12.1. The average molecular weight is 256 g/mol. The summed E-state index contributed by atoms with van der Waals surface area (Å²) in [5.41, 5.74) is -0.0660. The third-order valence-electron chi connectivity index (χ3n) is 3.25. The number of anilines is 1. The number of nitro groups is 1. The quantitative estimate of drug-likeness (QED) is 0.662. The minimum Gasteiger partial charge on any atom is -0.362 e. The number of aromatic nitrogens is 1. The Kier molecular flexibility index (Phi) is 3.47. The lowest BCUT2D eigenvalue weighted by atomic mass is 9.80. The molecule has 1 heterocycles. The highest BCUT2D eigenvalue weighted by atomic mass is 35.5. The van der Waals surface area contributed by atoms with E-state index in [4.69, 9.17) is 11.6 Å². The Morgan fingerprint density at radius 3 is 2.88 bits per heavy atom. The molecule has 6 heteroatoms. The summed E-state index contributed by atoms with van der Waals surface area (Å²) in [6.07, 6.45) is 5.02. The van der Waals surface area contributed by atoms with E-state index in [1.807, 2.05) is 6.92 Å². The Morgan fingerprint density at radius 1 is 1.65 bits per heavy atom. The van der Waals surface area contributed by atoms with Gasteiger partial charge < -0.3 is 5.32 Å². The molecule has 1 aromatic rings. The van der Waals surface area contributed by atoms with Crippen molar-refractivity contribution in [2.24, 2.45) is 5.92 Å². The van der Waals surface area contributed by atoms with Crippen molar-refractivity contribution in [3.8, 4) is 0 Å². The van der Waals surface area contributed by atoms with Crippen LogP contribution in [0.4, 0.5) is 11.5 Å². The van der Waals surface area contributed by atoms with E-state index in [1.165, 1.54) is 31.5 Å². The minimum atomic E-state index is -0.464. The van der Waals surface area contributed by atoms with Crippen LogP contribution in [0.15, 0.2) is 12.3 Å². The largest absolute Gasteiger partial charge is 0.362 e. The number of halogens is 1. The van der Waals surface area contributed by atoms with E-state index in [2.05, 4.69) is 10.3 Å². The Morgan fingerprint density at radius 2 is 2.35 bits per heavy atom. The first-order valence-corrected chi connectivity index (χ1v) is 6.02. The molecule has 1 N–H and O–H groups in total. The molecule has 0 saturated heterocycles. The first-order valence-electron chi connectivity index (χ1n) is 5.64. The van der Waals surface area contributed by atoms with Gasteiger partial charge >= 0.3 is 5.69 Å². The van der Waals surface area contributed by atoms with Gasteiger partial charge in [0, 0.05) is 18.3 Å². The molecule has 1 atom stereocenters. The van der Waals surface area contributed by atoms with E-state index in [1.54, 1.807) is 0 Å². The molecule has 17 heavy (non-hydrogen) atoms. The van der Waals surface area contributed by atoms with Crippen molar-refractivity contribution in [1.82, 2.24) is 4.98 Å². The van der Waals surface area contributed by atoms with Gasteiger partial charge in [0.25, 0.3) is 0 Å². The zero-order valence-corrected chi connectivity index (χ0v) is 10.3. The molecular formula is C11H14ClN3O2. The fourth-order valence-electron chi connectivity index (χ4n) is 1.95. The third kappa shape index (κ3) is 2.66. The summed E-state index contributed by atoms with van der Waals surface area (Å²) in [5.74, 6) is 0.894. The standard InChI is InChI=1S/C11H14ClN3O2/c1-7(8-3-2-4-8)14-11-10(15(16)17)5-9(12)6-13-11/h5-8H,2-4H2,1H3,(H,13,14). The molecule has 0 bridgehead atoms. The van der Waals surface area contributed by atoms with E-state index in [0.29, 0.717) is 11.7 Å². The summed E-state index contributed by atoms with van der Waals surface area (Å²) in [6, 6.07) is 1.53. The summed E-state index contributed by atoms with van der Waals surface area (Å²) < 4.78 is 0. The van der Waals surface area contributed by atoms with Crippen LogP contribution in [0.1, 0.15) is 26.2 Å². The van der Waals surface area contributed by atoms with Crippen molar-refractivity contribution < 1.29 is 4.92 Å². The van der Waals surface area contributed by atoms with Gasteiger partial charge in [-0.05, 0) is 25.7 Å². The van der Waals surface area contributed by atoms with Crippen molar-refractivity contribution in [3.05, 3.63) is 27.4 Å². The van der Waals surface area contributed by atoms with E-state index >= 15 is 0 Å². The predicted molar refractivity (Wildman–Crippen MR) is 66.3 cm³/mol. The first-order chi connectivity index (χ1) is 8.08. The third-order valence-corrected chi connectivity index (χ3v) is 3.46. The number of pyridine rings is 1. The van der Waals surface area contributed by atoms with Crippen LogP contribution in [0.5, 0.6) is 0 Å². The lowest BCUT2D eigenvalue weighted by Crippen LogP contribution is -2.31. The molecule has 0 aromatic carbocycles. The van der Waals surface area contributed by atoms with Crippen LogP contribution >= 0.6 is 11.6 Å². The van der Waals surface area contributed by atoms with Crippen LogP contribution in [0.2, 0.25) is 5.02 Å². The summed E-state index contributed by atoms with van der Waals surface area (Å²) in [6.45, 7) is 2.03. The summed E-state index contributed by atoms with van der Waals surface area (Å²) >= 11 is 5.70. The van der Waals surface area contributed by atoms with Crippen molar-refractivity contribution in [1.29, 1.82) is 0 Å². The Bertz CT molecular complexity index is 435. The topological polar surface area (TPSA) is 68.1 Å². The highest BCUT2D eigenvalue weighted by Crippen LogP contribution is 2.33. The SMILES string of the molecule is CC(Nc1ncc(Cl)cc1[N+](=O)[O-])C1CCC1. The van der Waals surface area contributed by atoms with Gasteiger partial charge in [-0.1, -0.05) is 18.0 Å². The second-order valence-corrected chi connectivity index (χ2v) is 4.84. The smallest absolute Gasteiger partial charge is 0.312 e. The van der Waals surface area contributed by atoms with Gasteiger partial charge in [0.1, 0.15) is 0 Å². The summed E-state index contributed by atoms with van der Waals surface area (Å²) in [5, 5.41) is 14.3.